The highest BCUT2D eigenvalue weighted by Crippen LogP contribution is 2.32. The summed E-state index contributed by atoms with van der Waals surface area (Å²) < 4.78 is 5.24. The average Bonchev–Trinajstić information content (AvgIpc) is 2.87. The molecule has 2 fully saturated rings. The van der Waals surface area contributed by atoms with Crippen molar-refractivity contribution in [2.75, 3.05) is 33.4 Å². The van der Waals surface area contributed by atoms with Gasteiger partial charge >= 0.3 is 5.97 Å². The lowest BCUT2D eigenvalue weighted by molar-refractivity contribution is -0.148. The summed E-state index contributed by atoms with van der Waals surface area (Å²) in [6.07, 6.45) is 1.59. The predicted octanol–water partition coefficient (Wildman–Crippen LogP) is -0.0659. The van der Waals surface area contributed by atoms with Gasteiger partial charge in [0.05, 0.1) is 19.3 Å². The van der Waals surface area contributed by atoms with Crippen LogP contribution in [0.5, 0.6) is 0 Å². The van der Waals surface area contributed by atoms with Crippen LogP contribution in [0.15, 0.2) is 0 Å². The van der Waals surface area contributed by atoms with Crippen molar-refractivity contribution in [1.29, 1.82) is 0 Å². The van der Waals surface area contributed by atoms with Crippen LogP contribution in [-0.2, 0) is 14.3 Å². The third-order valence-corrected chi connectivity index (χ3v) is 4.41. The van der Waals surface area contributed by atoms with Gasteiger partial charge in [0, 0.05) is 12.5 Å². The minimum atomic E-state index is -0.891. The van der Waals surface area contributed by atoms with Crippen LogP contribution < -0.4 is 5.32 Å². The highest BCUT2D eigenvalue weighted by atomic mass is 16.5. The van der Waals surface area contributed by atoms with Crippen molar-refractivity contribution in [3.8, 4) is 0 Å². The molecule has 0 aromatic rings. The molecule has 2 aliphatic rings. The van der Waals surface area contributed by atoms with Crippen molar-refractivity contribution >= 4 is 11.9 Å². The molecular formula is C13H22N2O4. The van der Waals surface area contributed by atoms with Gasteiger partial charge < -0.3 is 20.1 Å². The minimum absolute atomic E-state index is 0.0377. The topological polar surface area (TPSA) is 78.9 Å². The van der Waals surface area contributed by atoms with Gasteiger partial charge in [0.1, 0.15) is 5.92 Å². The predicted molar refractivity (Wildman–Crippen MR) is 68.7 cm³/mol. The first-order valence-electron chi connectivity index (χ1n) is 6.74. The van der Waals surface area contributed by atoms with Crippen LogP contribution in [0.3, 0.4) is 0 Å². The summed E-state index contributed by atoms with van der Waals surface area (Å²) in [4.78, 5) is 25.4. The fourth-order valence-electron chi connectivity index (χ4n) is 2.93. The Morgan fingerprint density at radius 1 is 1.32 bits per heavy atom. The van der Waals surface area contributed by atoms with E-state index in [0.29, 0.717) is 6.61 Å². The Morgan fingerprint density at radius 3 is 2.53 bits per heavy atom. The number of carboxylic acids is 1. The molecule has 2 unspecified atom stereocenters. The van der Waals surface area contributed by atoms with Crippen molar-refractivity contribution in [3.05, 3.63) is 0 Å². The molecule has 2 N–H and O–H groups in total. The van der Waals surface area contributed by atoms with Crippen molar-refractivity contribution in [3.63, 3.8) is 0 Å². The van der Waals surface area contributed by atoms with Gasteiger partial charge in [0.15, 0.2) is 0 Å². The summed E-state index contributed by atoms with van der Waals surface area (Å²) in [5, 5.41) is 12.4. The largest absolute Gasteiger partial charge is 0.481 e. The summed E-state index contributed by atoms with van der Waals surface area (Å²) in [6.45, 7) is 4.14. The van der Waals surface area contributed by atoms with Crippen LogP contribution >= 0.6 is 0 Å². The van der Waals surface area contributed by atoms with E-state index in [1.807, 2.05) is 6.92 Å². The fraction of sp³-hybridized carbons (Fsp3) is 0.846. The number of carboxylic acid groups (broad SMARTS) is 1. The number of hydrogen-bond acceptors (Lipinski definition) is 4. The zero-order chi connectivity index (χ0) is 14.0. The molecule has 1 amide bonds. The van der Waals surface area contributed by atoms with E-state index in [1.54, 1.807) is 11.9 Å². The maximum atomic E-state index is 12.6. The van der Waals surface area contributed by atoms with Crippen molar-refractivity contribution in [2.45, 2.75) is 25.8 Å². The molecule has 6 heteroatoms. The number of hydrogen-bond donors (Lipinski definition) is 2. The van der Waals surface area contributed by atoms with Gasteiger partial charge in [0.2, 0.25) is 5.91 Å². The Bertz CT molecular complexity index is 366. The molecule has 0 aromatic heterocycles. The zero-order valence-electron chi connectivity index (χ0n) is 11.5. The third-order valence-electron chi connectivity index (χ3n) is 4.41. The first-order chi connectivity index (χ1) is 8.96. The zero-order valence-corrected chi connectivity index (χ0v) is 11.5. The monoisotopic (exact) mass is 270 g/mol. The maximum Gasteiger partial charge on any atom is 0.311 e. The third kappa shape index (κ3) is 2.74. The van der Waals surface area contributed by atoms with Gasteiger partial charge in [0.25, 0.3) is 0 Å². The molecule has 0 radical (unpaired) electrons. The van der Waals surface area contributed by atoms with Gasteiger partial charge in [-0.25, -0.2) is 0 Å². The number of amides is 1. The Balaban J connectivity index is 2.08. The molecule has 0 aliphatic carbocycles. The number of likely N-dealkylation sites (N-methyl/N-ethyl adjacent to an activating group) is 1. The lowest BCUT2D eigenvalue weighted by Crippen LogP contribution is -2.52. The van der Waals surface area contributed by atoms with Gasteiger partial charge in [-0.15, -0.1) is 0 Å². The summed E-state index contributed by atoms with van der Waals surface area (Å²) in [7, 11) is 1.70. The summed E-state index contributed by atoms with van der Waals surface area (Å²) in [5.41, 5.74) is -0.383. The van der Waals surface area contributed by atoms with Crippen LogP contribution in [0, 0.1) is 11.3 Å². The molecule has 2 saturated heterocycles. The first kappa shape index (κ1) is 14.3. The maximum absolute atomic E-state index is 12.6. The van der Waals surface area contributed by atoms with E-state index < -0.39 is 11.9 Å². The Kier molecular flexibility index (Phi) is 4.10. The standard InChI is InChI=1S/C13H22N2O4/c1-13(3-5-14-6-4-13)12(18)15(2)10-8-19-7-9(10)11(16)17/h9-10,14H,3-8H2,1-2H3,(H,16,17). The van der Waals surface area contributed by atoms with E-state index >= 15 is 0 Å². The first-order valence-corrected chi connectivity index (χ1v) is 6.74. The number of rotatable bonds is 3. The van der Waals surface area contributed by atoms with E-state index in [0.717, 1.165) is 25.9 Å². The van der Waals surface area contributed by atoms with Gasteiger partial charge in [-0.2, -0.15) is 0 Å². The number of carbonyl (C=O) groups is 2. The Morgan fingerprint density at radius 2 is 1.95 bits per heavy atom. The second kappa shape index (κ2) is 5.46. The van der Waals surface area contributed by atoms with Crippen LogP contribution in [-0.4, -0.2) is 61.3 Å². The number of ether oxygens (including phenoxy) is 1. The second-order valence-electron chi connectivity index (χ2n) is 5.78. The molecule has 0 aromatic carbocycles. The number of nitrogens with one attached hydrogen (secondary N) is 1. The molecule has 6 nitrogen and oxygen atoms in total. The molecule has 19 heavy (non-hydrogen) atoms. The van der Waals surface area contributed by atoms with Crippen LogP contribution in [0.2, 0.25) is 0 Å². The molecule has 0 spiro atoms. The molecule has 2 rings (SSSR count). The van der Waals surface area contributed by atoms with Gasteiger partial charge in [-0.1, -0.05) is 6.92 Å². The normalized spacial score (nSPS) is 30.0. The van der Waals surface area contributed by atoms with Gasteiger partial charge in [-0.05, 0) is 25.9 Å². The van der Waals surface area contributed by atoms with E-state index in [-0.39, 0.29) is 24.0 Å². The molecule has 0 saturated carbocycles. The van der Waals surface area contributed by atoms with Crippen LogP contribution in [0.25, 0.3) is 0 Å². The molecule has 2 heterocycles. The lowest BCUT2D eigenvalue weighted by atomic mass is 9.79. The summed E-state index contributed by atoms with van der Waals surface area (Å²) in [5.74, 6) is -1.47. The highest BCUT2D eigenvalue weighted by molar-refractivity contribution is 5.83. The van der Waals surface area contributed by atoms with Crippen molar-refractivity contribution in [1.82, 2.24) is 10.2 Å². The Labute approximate surface area is 113 Å². The number of nitrogens with zero attached hydrogens (tertiary/aromatic N) is 1. The summed E-state index contributed by atoms with van der Waals surface area (Å²) >= 11 is 0. The van der Waals surface area contributed by atoms with Gasteiger partial charge in [-0.3, -0.25) is 9.59 Å². The SMILES string of the molecule is CN(C(=O)C1(C)CCNCC1)C1COCC1C(=O)O. The Hall–Kier alpha value is -1.14. The van der Waals surface area contributed by atoms with Crippen molar-refractivity contribution < 1.29 is 19.4 Å². The van der Waals surface area contributed by atoms with Crippen LogP contribution in [0.4, 0.5) is 0 Å². The second-order valence-corrected chi connectivity index (χ2v) is 5.78. The summed E-state index contributed by atoms with van der Waals surface area (Å²) in [6, 6.07) is -0.350. The number of aliphatic carboxylic acids is 1. The average molecular weight is 270 g/mol. The minimum Gasteiger partial charge on any atom is -0.481 e. The van der Waals surface area contributed by atoms with E-state index in [2.05, 4.69) is 5.32 Å². The smallest absolute Gasteiger partial charge is 0.311 e. The number of carbonyl (C=O) groups excluding carboxylic acids is 1. The van der Waals surface area contributed by atoms with E-state index in [4.69, 9.17) is 9.84 Å². The fourth-order valence-corrected chi connectivity index (χ4v) is 2.93. The highest BCUT2D eigenvalue weighted by Gasteiger charge is 2.43. The molecular weight excluding hydrogens is 248 g/mol. The molecule has 108 valence electrons. The van der Waals surface area contributed by atoms with E-state index in [9.17, 15) is 9.59 Å². The van der Waals surface area contributed by atoms with Crippen LogP contribution in [0.1, 0.15) is 19.8 Å². The molecule has 2 aliphatic heterocycles. The quantitative estimate of drug-likeness (QED) is 0.751. The number of piperidine rings is 1. The van der Waals surface area contributed by atoms with E-state index in [1.165, 1.54) is 0 Å². The molecule has 0 bridgehead atoms. The lowest BCUT2D eigenvalue weighted by Gasteiger charge is -2.38. The van der Waals surface area contributed by atoms with Crippen molar-refractivity contribution in [2.24, 2.45) is 11.3 Å². The molecule has 2 atom stereocenters.